The summed E-state index contributed by atoms with van der Waals surface area (Å²) in [5.41, 5.74) is 1.08. The molecule has 0 radical (unpaired) electrons. The molecule has 1 aliphatic rings. The van der Waals surface area contributed by atoms with E-state index in [0.717, 1.165) is 17.9 Å². The Morgan fingerprint density at radius 3 is 2.83 bits per heavy atom. The summed E-state index contributed by atoms with van der Waals surface area (Å²) >= 11 is 0. The highest BCUT2D eigenvalue weighted by molar-refractivity contribution is 5.19. The van der Waals surface area contributed by atoms with Gasteiger partial charge in [0.1, 0.15) is 12.4 Å². The van der Waals surface area contributed by atoms with E-state index in [1.54, 1.807) is 0 Å². The van der Waals surface area contributed by atoms with Crippen LogP contribution in [0.1, 0.15) is 43.0 Å². The second-order valence-corrected chi connectivity index (χ2v) is 3.20. The molecule has 1 aromatic heterocycles. The Labute approximate surface area is 71.4 Å². The Balaban J connectivity index is 2.29. The lowest BCUT2D eigenvalue weighted by Crippen LogP contribution is -1.86. The van der Waals surface area contributed by atoms with Crippen molar-refractivity contribution >= 4 is 0 Å². The molecule has 1 fully saturated rings. The van der Waals surface area contributed by atoms with Crippen LogP contribution in [0.25, 0.3) is 0 Å². The predicted octanol–water partition coefficient (Wildman–Crippen LogP) is 1.61. The van der Waals surface area contributed by atoms with Crippen molar-refractivity contribution in [3.05, 3.63) is 17.3 Å². The first kappa shape index (κ1) is 7.80. The minimum absolute atomic E-state index is 0.0836. The van der Waals surface area contributed by atoms with Crippen molar-refractivity contribution in [1.82, 2.24) is 4.98 Å². The summed E-state index contributed by atoms with van der Waals surface area (Å²) in [6, 6.07) is 0. The van der Waals surface area contributed by atoms with Gasteiger partial charge in [0.2, 0.25) is 5.89 Å². The van der Waals surface area contributed by atoms with Gasteiger partial charge in [0, 0.05) is 12.3 Å². The molecular weight excluding hydrogens is 154 g/mol. The molecule has 0 aromatic carbocycles. The predicted molar refractivity (Wildman–Crippen MR) is 43.8 cm³/mol. The van der Waals surface area contributed by atoms with E-state index in [4.69, 9.17) is 9.52 Å². The van der Waals surface area contributed by atoms with Crippen molar-refractivity contribution in [2.45, 2.75) is 38.7 Å². The molecule has 0 amide bonds. The van der Waals surface area contributed by atoms with Crippen LogP contribution < -0.4 is 0 Å². The smallest absolute Gasteiger partial charge is 0.220 e. The number of oxazole rings is 1. The summed E-state index contributed by atoms with van der Waals surface area (Å²) in [7, 11) is 0. The molecule has 0 unspecified atom stereocenters. The quantitative estimate of drug-likeness (QED) is 0.743. The second kappa shape index (κ2) is 2.90. The molecule has 0 atom stereocenters. The third kappa shape index (κ3) is 1.25. The van der Waals surface area contributed by atoms with Gasteiger partial charge in [-0.15, -0.1) is 0 Å². The Morgan fingerprint density at radius 2 is 2.33 bits per heavy atom. The molecule has 0 aliphatic heterocycles. The molecule has 0 bridgehead atoms. The van der Waals surface area contributed by atoms with Crippen LogP contribution >= 0.6 is 0 Å². The SMILES string of the molecule is CCc1oc(CO)nc1C1CC1. The zero-order chi connectivity index (χ0) is 8.55. The van der Waals surface area contributed by atoms with Crippen LogP contribution in [0.2, 0.25) is 0 Å². The molecule has 0 spiro atoms. The summed E-state index contributed by atoms with van der Waals surface area (Å²) < 4.78 is 5.35. The molecule has 0 saturated heterocycles. The normalized spacial score (nSPS) is 16.8. The summed E-state index contributed by atoms with van der Waals surface area (Å²) in [6.45, 7) is 1.97. The Hall–Kier alpha value is -0.830. The average molecular weight is 167 g/mol. The van der Waals surface area contributed by atoms with Gasteiger partial charge >= 0.3 is 0 Å². The lowest BCUT2D eigenvalue weighted by molar-refractivity contribution is 0.237. The van der Waals surface area contributed by atoms with E-state index >= 15 is 0 Å². The molecular formula is C9H13NO2. The number of aliphatic hydroxyl groups is 1. The fraction of sp³-hybridized carbons (Fsp3) is 0.667. The van der Waals surface area contributed by atoms with Crippen LogP contribution in [0.3, 0.4) is 0 Å². The number of aliphatic hydroxyl groups excluding tert-OH is 1. The summed E-state index contributed by atoms with van der Waals surface area (Å²) in [5.74, 6) is 2.04. The molecule has 1 heterocycles. The Bertz CT molecular complexity index is 276. The summed E-state index contributed by atoms with van der Waals surface area (Å²) in [5, 5.41) is 8.82. The van der Waals surface area contributed by atoms with Crippen LogP contribution in [0.15, 0.2) is 4.42 Å². The summed E-state index contributed by atoms with van der Waals surface area (Å²) in [6.07, 6.45) is 3.33. The highest BCUT2D eigenvalue weighted by Gasteiger charge is 2.29. The van der Waals surface area contributed by atoms with Crippen LogP contribution in [0, 0.1) is 0 Å². The zero-order valence-electron chi connectivity index (χ0n) is 7.21. The van der Waals surface area contributed by atoms with E-state index in [-0.39, 0.29) is 6.61 Å². The highest BCUT2D eigenvalue weighted by atomic mass is 16.4. The van der Waals surface area contributed by atoms with Crippen LogP contribution in [-0.2, 0) is 13.0 Å². The lowest BCUT2D eigenvalue weighted by atomic mass is 10.2. The van der Waals surface area contributed by atoms with Gasteiger partial charge in [-0.1, -0.05) is 6.92 Å². The van der Waals surface area contributed by atoms with Crippen molar-refractivity contribution in [2.75, 3.05) is 0 Å². The maximum absolute atomic E-state index is 8.82. The van der Waals surface area contributed by atoms with Gasteiger partial charge in [-0.25, -0.2) is 4.98 Å². The number of nitrogens with zero attached hydrogens (tertiary/aromatic N) is 1. The minimum Gasteiger partial charge on any atom is -0.443 e. The fourth-order valence-corrected chi connectivity index (χ4v) is 1.41. The van der Waals surface area contributed by atoms with Crippen molar-refractivity contribution in [2.24, 2.45) is 0 Å². The zero-order valence-corrected chi connectivity index (χ0v) is 7.21. The van der Waals surface area contributed by atoms with E-state index in [1.807, 2.05) is 6.92 Å². The number of hydrogen-bond acceptors (Lipinski definition) is 3. The Kier molecular flexibility index (Phi) is 1.89. The first-order chi connectivity index (χ1) is 5.85. The van der Waals surface area contributed by atoms with Crippen LogP contribution in [0.5, 0.6) is 0 Å². The lowest BCUT2D eigenvalue weighted by Gasteiger charge is -1.91. The first-order valence-corrected chi connectivity index (χ1v) is 4.44. The molecule has 1 aromatic rings. The topological polar surface area (TPSA) is 46.3 Å². The van der Waals surface area contributed by atoms with E-state index in [9.17, 15) is 0 Å². The van der Waals surface area contributed by atoms with Gasteiger partial charge in [-0.3, -0.25) is 0 Å². The highest BCUT2D eigenvalue weighted by Crippen LogP contribution is 2.41. The molecule has 3 heteroatoms. The van der Waals surface area contributed by atoms with Crippen LogP contribution in [0.4, 0.5) is 0 Å². The van der Waals surface area contributed by atoms with Gasteiger partial charge in [-0.2, -0.15) is 0 Å². The van der Waals surface area contributed by atoms with E-state index in [2.05, 4.69) is 4.98 Å². The largest absolute Gasteiger partial charge is 0.443 e. The van der Waals surface area contributed by atoms with Gasteiger partial charge < -0.3 is 9.52 Å². The second-order valence-electron chi connectivity index (χ2n) is 3.20. The number of rotatable bonds is 3. The molecule has 66 valence electrons. The van der Waals surface area contributed by atoms with E-state index in [0.29, 0.717) is 11.8 Å². The number of aromatic nitrogens is 1. The minimum atomic E-state index is -0.0836. The third-order valence-electron chi connectivity index (χ3n) is 2.19. The Morgan fingerprint density at radius 1 is 1.58 bits per heavy atom. The van der Waals surface area contributed by atoms with E-state index in [1.165, 1.54) is 12.8 Å². The van der Waals surface area contributed by atoms with E-state index < -0.39 is 0 Å². The monoisotopic (exact) mass is 167 g/mol. The third-order valence-corrected chi connectivity index (χ3v) is 2.19. The molecule has 1 aliphatic carbocycles. The van der Waals surface area contributed by atoms with Crippen molar-refractivity contribution in [1.29, 1.82) is 0 Å². The van der Waals surface area contributed by atoms with Gasteiger partial charge in [-0.05, 0) is 12.8 Å². The van der Waals surface area contributed by atoms with Crippen molar-refractivity contribution in [3.8, 4) is 0 Å². The summed E-state index contributed by atoms with van der Waals surface area (Å²) in [4.78, 5) is 4.24. The average Bonchev–Trinajstić information content (AvgIpc) is 2.85. The standard InChI is InChI=1S/C9H13NO2/c1-2-7-9(6-3-4-6)10-8(5-11)12-7/h6,11H,2-5H2,1H3. The molecule has 1 saturated carbocycles. The molecule has 1 N–H and O–H groups in total. The molecule has 12 heavy (non-hydrogen) atoms. The maximum atomic E-state index is 8.82. The van der Waals surface area contributed by atoms with Gasteiger partial charge in [0.15, 0.2) is 0 Å². The van der Waals surface area contributed by atoms with Crippen molar-refractivity contribution < 1.29 is 9.52 Å². The number of aryl methyl sites for hydroxylation is 1. The van der Waals surface area contributed by atoms with Crippen LogP contribution in [-0.4, -0.2) is 10.1 Å². The fourth-order valence-electron chi connectivity index (χ4n) is 1.41. The maximum Gasteiger partial charge on any atom is 0.220 e. The first-order valence-electron chi connectivity index (χ1n) is 4.44. The molecule has 2 rings (SSSR count). The molecule has 3 nitrogen and oxygen atoms in total. The number of hydrogen-bond donors (Lipinski definition) is 1. The van der Waals surface area contributed by atoms with Crippen molar-refractivity contribution in [3.63, 3.8) is 0 Å². The van der Waals surface area contributed by atoms with Gasteiger partial charge in [0.25, 0.3) is 0 Å². The van der Waals surface area contributed by atoms with Gasteiger partial charge in [0.05, 0.1) is 5.69 Å².